The zero-order valence-corrected chi connectivity index (χ0v) is 15.1. The maximum Gasteiger partial charge on any atom is 0.326 e. The zero-order chi connectivity index (χ0) is 18.1. The first kappa shape index (κ1) is 19.4. The van der Waals surface area contributed by atoms with Crippen molar-refractivity contribution in [3.8, 4) is 0 Å². The Bertz CT molecular complexity index is 547. The molecule has 1 aromatic rings. The van der Waals surface area contributed by atoms with E-state index in [1.807, 2.05) is 30.3 Å². The predicted octanol–water partition coefficient (Wildman–Crippen LogP) is 2.84. The summed E-state index contributed by atoms with van der Waals surface area (Å²) >= 11 is 0. The smallest absolute Gasteiger partial charge is 0.326 e. The Balaban J connectivity index is 2.01. The number of carbonyl (C=O) groups is 2. The van der Waals surface area contributed by atoms with Gasteiger partial charge in [0.15, 0.2) is 0 Å². The summed E-state index contributed by atoms with van der Waals surface area (Å²) in [6.45, 7) is 3.50. The highest BCUT2D eigenvalue weighted by Gasteiger charge is 2.36. The topological polar surface area (TPSA) is 69.6 Å². The van der Waals surface area contributed by atoms with E-state index in [0.29, 0.717) is 19.4 Å². The van der Waals surface area contributed by atoms with Gasteiger partial charge in [0.1, 0.15) is 6.04 Å². The van der Waals surface area contributed by atoms with Gasteiger partial charge in [-0.3, -0.25) is 4.79 Å². The van der Waals surface area contributed by atoms with Crippen molar-refractivity contribution in [3.63, 3.8) is 0 Å². The minimum absolute atomic E-state index is 0.0794. The number of nitrogens with zero attached hydrogens (tertiary/aromatic N) is 1. The van der Waals surface area contributed by atoms with Crippen LogP contribution in [0.1, 0.15) is 51.0 Å². The molecule has 1 aromatic carbocycles. The number of likely N-dealkylation sites (tertiary alicyclic amines) is 1. The summed E-state index contributed by atoms with van der Waals surface area (Å²) in [6, 6.07) is 8.88. The summed E-state index contributed by atoms with van der Waals surface area (Å²) in [4.78, 5) is 26.0. The van der Waals surface area contributed by atoms with Gasteiger partial charge in [-0.25, -0.2) is 4.79 Å². The number of nitrogens with one attached hydrogen (secondary N) is 1. The highest BCUT2D eigenvalue weighted by molar-refractivity contribution is 5.87. The maximum atomic E-state index is 13.0. The first-order valence-corrected chi connectivity index (χ1v) is 9.44. The van der Waals surface area contributed by atoms with Crippen LogP contribution in [0.15, 0.2) is 30.3 Å². The van der Waals surface area contributed by atoms with Crippen LogP contribution in [-0.2, 0) is 16.0 Å². The number of carbonyl (C=O) groups excluding carboxylic acids is 1. The van der Waals surface area contributed by atoms with E-state index in [0.717, 1.165) is 31.4 Å². The predicted molar refractivity (Wildman–Crippen MR) is 98.4 cm³/mol. The van der Waals surface area contributed by atoms with Gasteiger partial charge in [0, 0.05) is 6.54 Å². The van der Waals surface area contributed by atoms with Gasteiger partial charge < -0.3 is 15.3 Å². The van der Waals surface area contributed by atoms with Crippen LogP contribution in [0, 0.1) is 0 Å². The molecule has 0 spiro atoms. The van der Waals surface area contributed by atoms with Crippen molar-refractivity contribution in [2.75, 3.05) is 13.1 Å². The third-order valence-electron chi connectivity index (χ3n) is 4.82. The molecule has 0 radical (unpaired) electrons. The average Bonchev–Trinajstić information content (AvgIpc) is 3.11. The average molecular weight is 346 g/mol. The summed E-state index contributed by atoms with van der Waals surface area (Å²) in [5, 5.41) is 12.7. The van der Waals surface area contributed by atoms with Crippen LogP contribution in [-0.4, -0.2) is 47.1 Å². The summed E-state index contributed by atoms with van der Waals surface area (Å²) in [6.07, 6.45) is 6.47. The maximum absolute atomic E-state index is 13.0. The largest absolute Gasteiger partial charge is 0.480 e. The van der Waals surface area contributed by atoms with Crippen LogP contribution < -0.4 is 5.32 Å². The van der Waals surface area contributed by atoms with Crippen LogP contribution in [0.2, 0.25) is 0 Å². The molecule has 25 heavy (non-hydrogen) atoms. The molecule has 5 nitrogen and oxygen atoms in total. The molecule has 1 aliphatic heterocycles. The van der Waals surface area contributed by atoms with Gasteiger partial charge in [-0.05, 0) is 37.8 Å². The van der Waals surface area contributed by atoms with Crippen molar-refractivity contribution in [1.82, 2.24) is 10.2 Å². The normalized spacial score (nSPS) is 18.3. The number of amides is 1. The molecule has 0 bridgehead atoms. The summed E-state index contributed by atoms with van der Waals surface area (Å²) in [7, 11) is 0. The van der Waals surface area contributed by atoms with Crippen LogP contribution >= 0.6 is 0 Å². The fourth-order valence-corrected chi connectivity index (χ4v) is 3.41. The number of hydrogen-bond acceptors (Lipinski definition) is 3. The molecule has 2 N–H and O–H groups in total. The molecule has 5 heteroatoms. The molecule has 0 aromatic heterocycles. The number of carboxylic acid groups (broad SMARTS) is 1. The third-order valence-corrected chi connectivity index (χ3v) is 4.82. The Kier molecular flexibility index (Phi) is 7.92. The number of benzene rings is 1. The van der Waals surface area contributed by atoms with Crippen LogP contribution in [0.5, 0.6) is 0 Å². The number of carboxylic acids is 1. The van der Waals surface area contributed by atoms with E-state index in [1.54, 1.807) is 4.90 Å². The Labute approximate surface area is 150 Å². The Morgan fingerprint density at radius 1 is 1.24 bits per heavy atom. The molecule has 1 fully saturated rings. The molecule has 1 saturated heterocycles. The molecule has 1 heterocycles. The minimum Gasteiger partial charge on any atom is -0.480 e. The Morgan fingerprint density at radius 3 is 2.68 bits per heavy atom. The molecule has 0 unspecified atom stereocenters. The molecule has 0 saturated carbocycles. The van der Waals surface area contributed by atoms with E-state index >= 15 is 0 Å². The summed E-state index contributed by atoms with van der Waals surface area (Å²) in [5.74, 6) is -0.975. The fourth-order valence-electron chi connectivity index (χ4n) is 3.41. The highest BCUT2D eigenvalue weighted by Crippen LogP contribution is 2.19. The van der Waals surface area contributed by atoms with Crippen molar-refractivity contribution in [2.45, 2.75) is 64.0 Å². The summed E-state index contributed by atoms with van der Waals surface area (Å²) in [5.41, 5.74) is 1.09. The standard InChI is InChI=1S/C20H30N2O3/c1-2-3-4-8-13-21-17(15-16-10-6-5-7-11-16)19(23)22-14-9-12-18(22)20(24)25/h5-7,10-11,17-18,21H,2-4,8-9,12-15H2,1H3,(H,24,25)/t17-,18+/m1/s1. The van der Waals surface area contributed by atoms with E-state index in [4.69, 9.17) is 0 Å². The van der Waals surface area contributed by atoms with Crippen molar-refractivity contribution in [1.29, 1.82) is 0 Å². The van der Waals surface area contributed by atoms with E-state index in [2.05, 4.69) is 12.2 Å². The van der Waals surface area contributed by atoms with Gasteiger partial charge in [0.25, 0.3) is 0 Å². The van der Waals surface area contributed by atoms with Gasteiger partial charge in [-0.2, -0.15) is 0 Å². The molecule has 2 rings (SSSR count). The van der Waals surface area contributed by atoms with Crippen molar-refractivity contribution < 1.29 is 14.7 Å². The lowest BCUT2D eigenvalue weighted by Gasteiger charge is -2.27. The first-order valence-electron chi connectivity index (χ1n) is 9.44. The van der Waals surface area contributed by atoms with E-state index in [-0.39, 0.29) is 11.9 Å². The minimum atomic E-state index is -0.896. The van der Waals surface area contributed by atoms with E-state index in [9.17, 15) is 14.7 Å². The van der Waals surface area contributed by atoms with Gasteiger partial charge in [0.05, 0.1) is 6.04 Å². The van der Waals surface area contributed by atoms with Gasteiger partial charge >= 0.3 is 5.97 Å². The lowest BCUT2D eigenvalue weighted by Crippen LogP contribution is -2.51. The SMILES string of the molecule is CCCCCCN[C@H](Cc1ccccc1)C(=O)N1CCC[C@H]1C(=O)O. The van der Waals surface area contributed by atoms with Crippen LogP contribution in [0.25, 0.3) is 0 Å². The van der Waals surface area contributed by atoms with Crippen molar-refractivity contribution in [3.05, 3.63) is 35.9 Å². The van der Waals surface area contributed by atoms with E-state index in [1.165, 1.54) is 12.8 Å². The highest BCUT2D eigenvalue weighted by atomic mass is 16.4. The molecule has 1 aliphatic rings. The second-order valence-electron chi connectivity index (χ2n) is 6.78. The molecule has 138 valence electrons. The number of aliphatic carboxylic acids is 1. The van der Waals surface area contributed by atoms with Gasteiger partial charge in [0.2, 0.25) is 5.91 Å². The molecule has 2 atom stereocenters. The monoisotopic (exact) mass is 346 g/mol. The lowest BCUT2D eigenvalue weighted by molar-refractivity contribution is -0.149. The molecule has 1 amide bonds. The number of unbranched alkanes of at least 4 members (excludes halogenated alkanes) is 3. The Morgan fingerprint density at radius 2 is 2.00 bits per heavy atom. The van der Waals surface area contributed by atoms with Crippen LogP contribution in [0.3, 0.4) is 0 Å². The van der Waals surface area contributed by atoms with E-state index < -0.39 is 12.0 Å². The number of rotatable bonds is 10. The van der Waals surface area contributed by atoms with Gasteiger partial charge in [-0.1, -0.05) is 56.5 Å². The Hall–Kier alpha value is -1.88. The van der Waals surface area contributed by atoms with Crippen molar-refractivity contribution >= 4 is 11.9 Å². The quantitative estimate of drug-likeness (QED) is 0.639. The van der Waals surface area contributed by atoms with Gasteiger partial charge in [-0.15, -0.1) is 0 Å². The second kappa shape index (κ2) is 10.2. The van der Waals surface area contributed by atoms with Crippen LogP contribution in [0.4, 0.5) is 0 Å². The molecular weight excluding hydrogens is 316 g/mol. The second-order valence-corrected chi connectivity index (χ2v) is 6.78. The lowest BCUT2D eigenvalue weighted by atomic mass is 10.0. The molecule has 0 aliphatic carbocycles. The number of hydrogen-bond donors (Lipinski definition) is 2. The zero-order valence-electron chi connectivity index (χ0n) is 15.1. The van der Waals surface area contributed by atoms with Crippen molar-refractivity contribution in [2.24, 2.45) is 0 Å². The first-order chi connectivity index (χ1) is 12.1. The fraction of sp³-hybridized carbons (Fsp3) is 0.600. The molecular formula is C20H30N2O3. The summed E-state index contributed by atoms with van der Waals surface area (Å²) < 4.78 is 0. The third kappa shape index (κ3) is 5.85.